The molecule has 0 saturated carbocycles. The SMILES string of the molecule is CCc1nc(CN2CCn3nc([C@@H](O)CS(C)(=O)=O)cc3C2)cs1. The number of nitrogens with zero attached hydrogens (tertiary/aromatic N) is 4. The highest BCUT2D eigenvalue weighted by atomic mass is 32.2. The molecular weight excluding hydrogens is 348 g/mol. The molecule has 24 heavy (non-hydrogen) atoms. The molecule has 0 amide bonds. The molecule has 0 saturated heterocycles. The molecule has 1 aliphatic rings. The Labute approximate surface area is 145 Å². The minimum Gasteiger partial charge on any atom is -0.386 e. The van der Waals surface area contributed by atoms with Crippen LogP contribution in [0.3, 0.4) is 0 Å². The molecule has 132 valence electrons. The molecule has 2 aromatic heterocycles. The maximum Gasteiger partial charge on any atom is 0.150 e. The van der Waals surface area contributed by atoms with Crippen molar-refractivity contribution in [2.45, 2.75) is 39.1 Å². The number of hydrogen-bond acceptors (Lipinski definition) is 7. The van der Waals surface area contributed by atoms with Crippen LogP contribution in [-0.4, -0.2) is 51.7 Å². The van der Waals surface area contributed by atoms with E-state index in [0.717, 1.165) is 55.3 Å². The fraction of sp³-hybridized carbons (Fsp3) is 0.600. The predicted octanol–water partition coefficient (Wildman–Crippen LogP) is 0.996. The average molecular weight is 371 g/mol. The van der Waals surface area contributed by atoms with Crippen molar-refractivity contribution in [2.24, 2.45) is 0 Å². The van der Waals surface area contributed by atoms with Crippen LogP contribution in [0.25, 0.3) is 0 Å². The number of aryl methyl sites for hydroxylation is 1. The van der Waals surface area contributed by atoms with Gasteiger partial charge in [0.25, 0.3) is 0 Å². The molecule has 0 aromatic carbocycles. The summed E-state index contributed by atoms with van der Waals surface area (Å²) in [5, 5.41) is 17.7. The van der Waals surface area contributed by atoms with E-state index >= 15 is 0 Å². The van der Waals surface area contributed by atoms with Gasteiger partial charge >= 0.3 is 0 Å². The van der Waals surface area contributed by atoms with Crippen molar-refractivity contribution in [1.29, 1.82) is 0 Å². The molecule has 2 aromatic rings. The largest absolute Gasteiger partial charge is 0.386 e. The first-order valence-electron chi connectivity index (χ1n) is 7.92. The van der Waals surface area contributed by atoms with Gasteiger partial charge in [-0.1, -0.05) is 6.92 Å². The number of rotatable bonds is 6. The van der Waals surface area contributed by atoms with E-state index < -0.39 is 15.9 Å². The Morgan fingerprint density at radius 2 is 2.21 bits per heavy atom. The molecule has 7 nitrogen and oxygen atoms in total. The van der Waals surface area contributed by atoms with E-state index in [1.54, 1.807) is 17.4 Å². The Hall–Kier alpha value is -1.29. The molecule has 0 radical (unpaired) electrons. The lowest BCUT2D eigenvalue weighted by Gasteiger charge is -2.26. The lowest BCUT2D eigenvalue weighted by Crippen LogP contribution is -2.33. The van der Waals surface area contributed by atoms with E-state index in [2.05, 4.69) is 27.3 Å². The van der Waals surface area contributed by atoms with E-state index in [-0.39, 0.29) is 5.75 Å². The molecule has 0 aliphatic carbocycles. The molecule has 9 heteroatoms. The Kier molecular flexibility index (Phi) is 5.05. The van der Waals surface area contributed by atoms with Crippen LogP contribution in [0.1, 0.15) is 35.1 Å². The highest BCUT2D eigenvalue weighted by Gasteiger charge is 2.23. The predicted molar refractivity (Wildman–Crippen MR) is 92.5 cm³/mol. The Morgan fingerprint density at radius 3 is 2.88 bits per heavy atom. The number of thiazole rings is 1. The van der Waals surface area contributed by atoms with Crippen LogP contribution in [0.4, 0.5) is 0 Å². The van der Waals surface area contributed by atoms with Gasteiger partial charge in [-0.25, -0.2) is 13.4 Å². The summed E-state index contributed by atoms with van der Waals surface area (Å²) in [5.74, 6) is -0.300. The molecule has 3 rings (SSSR count). The van der Waals surface area contributed by atoms with Crippen LogP contribution in [0, 0.1) is 0 Å². The van der Waals surface area contributed by atoms with Gasteiger partial charge in [0.15, 0.2) is 0 Å². The summed E-state index contributed by atoms with van der Waals surface area (Å²) in [7, 11) is -3.24. The Bertz CT molecular complexity index is 813. The normalized spacial score (nSPS) is 17.0. The topological polar surface area (TPSA) is 88.3 Å². The number of sulfone groups is 1. The molecule has 1 aliphatic heterocycles. The van der Waals surface area contributed by atoms with Crippen molar-refractivity contribution in [3.05, 3.63) is 33.5 Å². The van der Waals surface area contributed by atoms with E-state index in [9.17, 15) is 13.5 Å². The van der Waals surface area contributed by atoms with Crippen LogP contribution in [0.2, 0.25) is 0 Å². The van der Waals surface area contributed by atoms with Gasteiger partial charge < -0.3 is 5.11 Å². The number of aliphatic hydroxyl groups is 1. The first-order valence-corrected chi connectivity index (χ1v) is 10.9. The van der Waals surface area contributed by atoms with Crippen LogP contribution >= 0.6 is 11.3 Å². The third-order valence-corrected chi connectivity index (χ3v) is 5.95. The summed E-state index contributed by atoms with van der Waals surface area (Å²) in [4.78, 5) is 6.89. The molecule has 1 atom stereocenters. The van der Waals surface area contributed by atoms with Gasteiger partial charge in [-0.05, 0) is 12.5 Å². The van der Waals surface area contributed by atoms with E-state index in [0.29, 0.717) is 5.69 Å². The second-order valence-electron chi connectivity index (χ2n) is 6.19. The second-order valence-corrected chi connectivity index (χ2v) is 9.32. The number of hydrogen-bond donors (Lipinski definition) is 1. The van der Waals surface area contributed by atoms with Crippen molar-refractivity contribution >= 4 is 21.2 Å². The summed E-state index contributed by atoms with van der Waals surface area (Å²) in [5.41, 5.74) is 2.51. The third-order valence-electron chi connectivity index (χ3n) is 3.99. The number of aromatic nitrogens is 3. The summed E-state index contributed by atoms with van der Waals surface area (Å²) in [6.07, 6.45) is 1.00. The van der Waals surface area contributed by atoms with Crippen LogP contribution in [0.15, 0.2) is 11.4 Å². The highest BCUT2D eigenvalue weighted by Crippen LogP contribution is 2.21. The lowest BCUT2D eigenvalue weighted by atomic mass is 10.2. The van der Waals surface area contributed by atoms with Crippen LogP contribution in [0.5, 0.6) is 0 Å². The number of aliphatic hydroxyl groups excluding tert-OH is 1. The second kappa shape index (κ2) is 6.91. The van der Waals surface area contributed by atoms with Crippen molar-refractivity contribution in [3.8, 4) is 0 Å². The van der Waals surface area contributed by atoms with Gasteiger partial charge in [-0.3, -0.25) is 9.58 Å². The quantitative estimate of drug-likeness (QED) is 0.816. The number of fused-ring (bicyclic) bond motifs is 1. The molecule has 3 heterocycles. The van der Waals surface area contributed by atoms with Crippen molar-refractivity contribution in [2.75, 3.05) is 18.6 Å². The smallest absolute Gasteiger partial charge is 0.150 e. The zero-order valence-corrected chi connectivity index (χ0v) is 15.5. The fourth-order valence-electron chi connectivity index (χ4n) is 2.83. The highest BCUT2D eigenvalue weighted by molar-refractivity contribution is 7.90. The molecule has 0 unspecified atom stereocenters. The molecule has 0 spiro atoms. The first kappa shape index (κ1) is 17.5. The fourth-order valence-corrected chi connectivity index (χ4v) is 4.31. The molecule has 0 fully saturated rings. The molecule has 1 N–H and O–H groups in total. The van der Waals surface area contributed by atoms with E-state index in [1.807, 2.05) is 4.68 Å². The third kappa shape index (κ3) is 4.21. The zero-order valence-electron chi connectivity index (χ0n) is 13.8. The van der Waals surface area contributed by atoms with Gasteiger partial charge in [0, 0.05) is 31.3 Å². The van der Waals surface area contributed by atoms with Crippen LogP contribution in [-0.2, 0) is 35.9 Å². The standard InChI is InChI=1S/C15H22N4O3S2/c1-3-15-16-11(9-23-15)7-18-4-5-19-12(8-18)6-13(17-19)14(20)10-24(2,21)22/h6,9,14,20H,3-5,7-8,10H2,1-2H3/t14-/m0/s1. The van der Waals surface area contributed by atoms with Crippen molar-refractivity contribution < 1.29 is 13.5 Å². The molecular formula is C15H22N4O3S2. The average Bonchev–Trinajstić information content (AvgIpc) is 3.11. The lowest BCUT2D eigenvalue weighted by molar-refractivity contribution is 0.191. The minimum atomic E-state index is -3.24. The van der Waals surface area contributed by atoms with Gasteiger partial charge in [-0.2, -0.15) is 5.10 Å². The summed E-state index contributed by atoms with van der Waals surface area (Å²) in [6, 6.07) is 1.81. The maximum atomic E-state index is 11.3. The Morgan fingerprint density at radius 1 is 1.42 bits per heavy atom. The van der Waals surface area contributed by atoms with Crippen LogP contribution < -0.4 is 0 Å². The summed E-state index contributed by atoms with van der Waals surface area (Å²) in [6.45, 7) is 5.20. The van der Waals surface area contributed by atoms with Gasteiger partial charge in [-0.15, -0.1) is 11.3 Å². The van der Waals surface area contributed by atoms with Gasteiger partial charge in [0.1, 0.15) is 15.9 Å². The van der Waals surface area contributed by atoms with Gasteiger partial charge in [0.2, 0.25) is 0 Å². The van der Waals surface area contributed by atoms with Crippen molar-refractivity contribution in [1.82, 2.24) is 19.7 Å². The summed E-state index contributed by atoms with van der Waals surface area (Å²) >= 11 is 1.69. The van der Waals surface area contributed by atoms with Gasteiger partial charge in [0.05, 0.1) is 34.4 Å². The Balaban J connectivity index is 1.67. The van der Waals surface area contributed by atoms with E-state index in [4.69, 9.17) is 0 Å². The maximum absolute atomic E-state index is 11.3. The molecule has 0 bridgehead atoms. The first-order chi connectivity index (χ1) is 11.3. The monoisotopic (exact) mass is 370 g/mol. The minimum absolute atomic E-state index is 0.300. The van der Waals surface area contributed by atoms with E-state index in [1.165, 1.54) is 0 Å². The zero-order chi connectivity index (χ0) is 17.3. The van der Waals surface area contributed by atoms with Crippen molar-refractivity contribution in [3.63, 3.8) is 0 Å². The summed E-state index contributed by atoms with van der Waals surface area (Å²) < 4.78 is 24.5.